The lowest BCUT2D eigenvalue weighted by Gasteiger charge is -2.28. The van der Waals surface area contributed by atoms with Crippen molar-refractivity contribution in [3.63, 3.8) is 0 Å². The van der Waals surface area contributed by atoms with Gasteiger partial charge in [-0.2, -0.15) is 0 Å². The summed E-state index contributed by atoms with van der Waals surface area (Å²) in [7, 11) is 0. The first kappa shape index (κ1) is 18.5. The van der Waals surface area contributed by atoms with E-state index in [0.717, 1.165) is 31.5 Å². The smallest absolute Gasteiger partial charge is 0.210 e. The molecule has 5 heteroatoms. The molecule has 1 fully saturated rings. The number of amides is 1. The average Bonchev–Trinajstić information content (AvgIpc) is 2.73. The van der Waals surface area contributed by atoms with Crippen LogP contribution < -0.4 is 4.74 Å². The van der Waals surface area contributed by atoms with Gasteiger partial charge in [0.25, 0.3) is 0 Å². The van der Waals surface area contributed by atoms with Gasteiger partial charge in [0, 0.05) is 24.3 Å². The lowest BCUT2D eigenvalue weighted by Crippen LogP contribution is -2.27. The van der Waals surface area contributed by atoms with Gasteiger partial charge in [0.05, 0.1) is 12.6 Å². The van der Waals surface area contributed by atoms with Gasteiger partial charge < -0.3 is 14.4 Å². The van der Waals surface area contributed by atoms with E-state index in [0.29, 0.717) is 29.9 Å². The van der Waals surface area contributed by atoms with Crippen LogP contribution in [0.15, 0.2) is 18.2 Å². The van der Waals surface area contributed by atoms with E-state index < -0.39 is 0 Å². The average molecular weight is 333 g/mol. The van der Waals surface area contributed by atoms with Crippen molar-refractivity contribution >= 4 is 12.7 Å². The zero-order chi connectivity index (χ0) is 17.6. The number of hydrogen-bond acceptors (Lipinski definition) is 4. The molecule has 2 heterocycles. The highest BCUT2D eigenvalue weighted by Gasteiger charge is 2.22. The lowest BCUT2D eigenvalue weighted by molar-refractivity contribution is -0.120. The van der Waals surface area contributed by atoms with Crippen molar-refractivity contribution in [3.8, 4) is 5.75 Å². The van der Waals surface area contributed by atoms with E-state index in [1.165, 1.54) is 12.8 Å². The summed E-state index contributed by atoms with van der Waals surface area (Å²) in [6, 6.07) is 5.27. The van der Waals surface area contributed by atoms with E-state index in [9.17, 15) is 9.59 Å². The number of rotatable bonds is 2. The predicted octanol–water partition coefficient (Wildman–Crippen LogP) is 3.23. The summed E-state index contributed by atoms with van der Waals surface area (Å²) in [6.07, 6.45) is 4.08. The molecule has 1 aromatic carbocycles. The quantitative estimate of drug-likeness (QED) is 0.780. The van der Waals surface area contributed by atoms with Crippen LogP contribution in [-0.2, 0) is 9.53 Å². The Balaban J connectivity index is 0.000000219. The molecule has 1 saturated heterocycles. The molecule has 0 aliphatic carbocycles. The van der Waals surface area contributed by atoms with E-state index in [4.69, 9.17) is 9.47 Å². The van der Waals surface area contributed by atoms with Crippen LogP contribution in [0.4, 0.5) is 0 Å². The summed E-state index contributed by atoms with van der Waals surface area (Å²) in [5.41, 5.74) is 2.08. The molecule has 5 nitrogen and oxygen atoms in total. The highest BCUT2D eigenvalue weighted by Crippen LogP contribution is 2.31. The van der Waals surface area contributed by atoms with E-state index in [2.05, 4.69) is 13.8 Å². The largest absolute Gasteiger partial charge is 0.491 e. The summed E-state index contributed by atoms with van der Waals surface area (Å²) < 4.78 is 10.7. The standard InChI is InChI=1S/C12H13NO3.C7H14O/c1-9-11-3-2-10(7-14)6-12(11)16-5-4-13(9)8-15;1-7(2)3-5-8-6-4-7/h2-3,6-9H,4-5H2,1H3;3-6H2,1-2H3. The fraction of sp³-hybridized carbons (Fsp3) is 0.579. The van der Waals surface area contributed by atoms with E-state index in [-0.39, 0.29) is 6.04 Å². The molecule has 0 N–H and O–H groups in total. The van der Waals surface area contributed by atoms with Gasteiger partial charge in [-0.1, -0.05) is 26.0 Å². The van der Waals surface area contributed by atoms with Gasteiger partial charge in [-0.15, -0.1) is 0 Å². The normalized spacial score (nSPS) is 22.1. The van der Waals surface area contributed by atoms with Crippen molar-refractivity contribution in [2.75, 3.05) is 26.4 Å². The number of fused-ring (bicyclic) bond motifs is 1. The first-order valence-corrected chi connectivity index (χ1v) is 8.47. The second-order valence-electron chi connectivity index (χ2n) is 7.06. The van der Waals surface area contributed by atoms with E-state index in [1.807, 2.05) is 13.0 Å². The summed E-state index contributed by atoms with van der Waals surface area (Å²) in [4.78, 5) is 23.2. The van der Waals surface area contributed by atoms with Crippen molar-refractivity contribution < 1.29 is 19.1 Å². The molecule has 0 saturated carbocycles. The third-order valence-electron chi connectivity index (χ3n) is 4.71. The van der Waals surface area contributed by atoms with Gasteiger partial charge in [0.15, 0.2) is 0 Å². The molecular weight excluding hydrogens is 306 g/mol. The zero-order valence-electron chi connectivity index (χ0n) is 14.8. The molecule has 0 spiro atoms. The van der Waals surface area contributed by atoms with Crippen molar-refractivity contribution in [1.29, 1.82) is 0 Å². The van der Waals surface area contributed by atoms with Crippen LogP contribution >= 0.6 is 0 Å². The van der Waals surface area contributed by atoms with Gasteiger partial charge in [0.2, 0.25) is 6.41 Å². The molecule has 1 unspecified atom stereocenters. The van der Waals surface area contributed by atoms with E-state index in [1.54, 1.807) is 17.0 Å². The molecule has 0 aromatic heterocycles. The number of nitrogens with zero attached hydrogens (tertiary/aromatic N) is 1. The van der Waals surface area contributed by atoms with Gasteiger partial charge >= 0.3 is 0 Å². The van der Waals surface area contributed by atoms with Gasteiger partial charge in [-0.3, -0.25) is 9.59 Å². The number of hydrogen-bond donors (Lipinski definition) is 0. The molecule has 1 aromatic rings. The Morgan fingerprint density at radius 3 is 2.42 bits per heavy atom. The summed E-state index contributed by atoms with van der Waals surface area (Å²) in [6.45, 7) is 9.50. The molecule has 2 aliphatic heterocycles. The predicted molar refractivity (Wildman–Crippen MR) is 92.3 cm³/mol. The van der Waals surface area contributed by atoms with Crippen molar-refractivity contribution in [2.45, 2.75) is 39.7 Å². The number of carbonyl (C=O) groups is 2. The minimum Gasteiger partial charge on any atom is -0.491 e. The Bertz CT molecular complexity index is 562. The highest BCUT2D eigenvalue weighted by molar-refractivity contribution is 5.76. The maximum Gasteiger partial charge on any atom is 0.210 e. The number of aldehydes is 1. The fourth-order valence-corrected chi connectivity index (χ4v) is 2.80. The van der Waals surface area contributed by atoms with Crippen LogP contribution in [0.5, 0.6) is 5.75 Å². The van der Waals surface area contributed by atoms with Gasteiger partial charge in [-0.05, 0) is 31.2 Å². The van der Waals surface area contributed by atoms with Crippen LogP contribution in [0.3, 0.4) is 0 Å². The summed E-state index contributed by atoms with van der Waals surface area (Å²) in [5.74, 6) is 0.696. The van der Waals surface area contributed by atoms with Crippen LogP contribution in [0.1, 0.15) is 55.6 Å². The topological polar surface area (TPSA) is 55.8 Å². The lowest BCUT2D eigenvalue weighted by atomic mass is 9.85. The maximum absolute atomic E-state index is 10.9. The van der Waals surface area contributed by atoms with E-state index >= 15 is 0 Å². The summed E-state index contributed by atoms with van der Waals surface area (Å²) >= 11 is 0. The van der Waals surface area contributed by atoms with Crippen LogP contribution in [0.25, 0.3) is 0 Å². The minimum absolute atomic E-state index is 0.0179. The van der Waals surface area contributed by atoms with Crippen molar-refractivity contribution in [3.05, 3.63) is 29.3 Å². The number of carbonyl (C=O) groups excluding carboxylic acids is 2. The monoisotopic (exact) mass is 333 g/mol. The maximum atomic E-state index is 10.9. The van der Waals surface area contributed by atoms with Gasteiger partial charge in [-0.25, -0.2) is 0 Å². The Morgan fingerprint density at radius 2 is 1.88 bits per heavy atom. The molecule has 0 radical (unpaired) electrons. The Labute approximate surface area is 143 Å². The molecule has 1 atom stereocenters. The van der Waals surface area contributed by atoms with Crippen LogP contribution in [0.2, 0.25) is 0 Å². The Kier molecular flexibility index (Phi) is 6.37. The van der Waals surface area contributed by atoms with Crippen LogP contribution in [-0.4, -0.2) is 44.0 Å². The number of ether oxygens (including phenoxy) is 2. The molecule has 3 rings (SSSR count). The molecule has 132 valence electrons. The second-order valence-corrected chi connectivity index (χ2v) is 7.06. The molecule has 2 aliphatic rings. The highest BCUT2D eigenvalue weighted by atomic mass is 16.5. The zero-order valence-corrected chi connectivity index (χ0v) is 14.8. The van der Waals surface area contributed by atoms with Crippen LogP contribution in [0, 0.1) is 5.41 Å². The first-order chi connectivity index (χ1) is 11.5. The van der Waals surface area contributed by atoms with Crippen molar-refractivity contribution in [2.24, 2.45) is 5.41 Å². The van der Waals surface area contributed by atoms with Gasteiger partial charge in [0.1, 0.15) is 18.6 Å². The Hall–Kier alpha value is -1.88. The molecule has 0 bridgehead atoms. The fourth-order valence-electron chi connectivity index (χ4n) is 2.80. The molecule has 24 heavy (non-hydrogen) atoms. The Morgan fingerprint density at radius 1 is 1.17 bits per heavy atom. The molecular formula is C19H27NO4. The van der Waals surface area contributed by atoms with Crippen molar-refractivity contribution in [1.82, 2.24) is 4.90 Å². The molecule has 1 amide bonds. The first-order valence-electron chi connectivity index (χ1n) is 8.47. The third-order valence-corrected chi connectivity index (χ3v) is 4.71. The summed E-state index contributed by atoms with van der Waals surface area (Å²) in [5, 5.41) is 0. The number of benzene rings is 1. The second kappa shape index (κ2) is 8.29. The SMILES string of the molecule is CC1(C)CCOCC1.CC1c2ccc(C=O)cc2OCCN1C=O. The third kappa shape index (κ3) is 4.81. The minimum atomic E-state index is -0.0179.